The maximum absolute atomic E-state index is 11.6. The second-order valence-electron chi connectivity index (χ2n) is 6.20. The fourth-order valence-electron chi connectivity index (χ4n) is 3.05. The number of aliphatic carboxylic acids is 1. The summed E-state index contributed by atoms with van der Waals surface area (Å²) < 4.78 is 5.84. The van der Waals surface area contributed by atoms with Gasteiger partial charge in [0.2, 0.25) is 0 Å². The Labute approximate surface area is 154 Å². The van der Waals surface area contributed by atoms with Crippen molar-refractivity contribution in [1.29, 1.82) is 0 Å². The Hall–Kier alpha value is -2.67. The van der Waals surface area contributed by atoms with Crippen LogP contribution >= 0.6 is 11.8 Å². The van der Waals surface area contributed by atoms with Gasteiger partial charge in [0.25, 0.3) is 0 Å². The van der Waals surface area contributed by atoms with Gasteiger partial charge in [-0.15, -0.1) is 0 Å². The van der Waals surface area contributed by atoms with Crippen LogP contribution in [-0.2, 0) is 4.79 Å². The van der Waals surface area contributed by atoms with Crippen molar-refractivity contribution in [1.82, 2.24) is 9.97 Å². The number of aromatic amines is 1. The predicted octanol–water partition coefficient (Wildman–Crippen LogP) is 4.36. The zero-order chi connectivity index (χ0) is 17.9. The van der Waals surface area contributed by atoms with E-state index in [0.717, 1.165) is 54.6 Å². The van der Waals surface area contributed by atoms with Crippen LogP contribution in [-0.4, -0.2) is 34.1 Å². The number of furan rings is 1. The molecular formula is C19H19N3O3S. The van der Waals surface area contributed by atoms with E-state index in [1.54, 1.807) is 6.08 Å². The molecule has 0 atom stereocenters. The molecule has 1 aliphatic rings. The second kappa shape index (κ2) is 7.29. The van der Waals surface area contributed by atoms with Crippen molar-refractivity contribution in [2.75, 3.05) is 18.0 Å². The van der Waals surface area contributed by atoms with Crippen LogP contribution in [0.25, 0.3) is 17.1 Å². The van der Waals surface area contributed by atoms with Crippen molar-refractivity contribution >= 4 is 40.7 Å². The highest BCUT2D eigenvalue weighted by molar-refractivity contribution is 8.04. The standard InChI is InChI=1S/C19H19N3O3S/c23-18(24)16(26-19-20-14-6-2-3-7-15(14)21-19)12-13-8-9-17(25-13)22-10-4-1-5-11-22/h2-3,6-9,12H,1,4-5,10-11H2,(H,20,21)(H,23,24)/b16-12-. The van der Waals surface area contributed by atoms with Gasteiger partial charge in [-0.3, -0.25) is 0 Å². The molecule has 0 radical (unpaired) electrons. The quantitative estimate of drug-likeness (QED) is 0.513. The van der Waals surface area contributed by atoms with Crippen molar-refractivity contribution < 1.29 is 14.3 Å². The Morgan fingerprint density at radius 3 is 2.77 bits per heavy atom. The van der Waals surface area contributed by atoms with Gasteiger partial charge in [0.1, 0.15) is 10.7 Å². The fraction of sp³-hybridized carbons (Fsp3) is 0.263. The SMILES string of the molecule is O=C(O)/C(=C/c1ccc(N2CCCCC2)o1)Sc1nc2ccccc2[nH]1. The van der Waals surface area contributed by atoms with E-state index in [-0.39, 0.29) is 4.91 Å². The number of benzene rings is 1. The molecule has 2 aromatic heterocycles. The van der Waals surface area contributed by atoms with E-state index in [9.17, 15) is 9.90 Å². The molecule has 26 heavy (non-hydrogen) atoms. The third-order valence-corrected chi connectivity index (χ3v) is 5.24. The van der Waals surface area contributed by atoms with Gasteiger partial charge in [-0.05, 0) is 49.2 Å². The minimum Gasteiger partial charge on any atom is -0.477 e. The van der Waals surface area contributed by atoms with Crippen LogP contribution in [0.15, 0.2) is 50.9 Å². The highest BCUT2D eigenvalue weighted by Gasteiger charge is 2.16. The summed E-state index contributed by atoms with van der Waals surface area (Å²) in [6, 6.07) is 11.3. The predicted molar refractivity (Wildman–Crippen MR) is 102 cm³/mol. The number of para-hydroxylation sites is 2. The average molecular weight is 369 g/mol. The van der Waals surface area contributed by atoms with Gasteiger partial charge in [0.05, 0.1) is 11.0 Å². The lowest BCUT2D eigenvalue weighted by Crippen LogP contribution is -2.28. The number of hydrogen-bond acceptors (Lipinski definition) is 5. The molecule has 6 nitrogen and oxygen atoms in total. The van der Waals surface area contributed by atoms with Crippen LogP contribution in [0.2, 0.25) is 0 Å². The zero-order valence-corrected chi connectivity index (χ0v) is 15.0. The van der Waals surface area contributed by atoms with Crippen LogP contribution in [0, 0.1) is 0 Å². The van der Waals surface area contributed by atoms with Crippen LogP contribution in [0.3, 0.4) is 0 Å². The maximum atomic E-state index is 11.6. The molecule has 4 rings (SSSR count). The number of nitrogens with zero attached hydrogens (tertiary/aromatic N) is 2. The van der Waals surface area contributed by atoms with E-state index in [4.69, 9.17) is 4.42 Å². The van der Waals surface area contributed by atoms with Gasteiger partial charge in [-0.2, -0.15) is 0 Å². The summed E-state index contributed by atoms with van der Waals surface area (Å²) in [5, 5.41) is 10.1. The number of rotatable bonds is 5. The maximum Gasteiger partial charge on any atom is 0.342 e. The molecule has 0 spiro atoms. The van der Waals surface area contributed by atoms with Gasteiger partial charge >= 0.3 is 5.97 Å². The van der Waals surface area contributed by atoms with Crippen LogP contribution in [0.5, 0.6) is 0 Å². The van der Waals surface area contributed by atoms with Gasteiger partial charge in [-0.1, -0.05) is 12.1 Å². The number of thioether (sulfide) groups is 1. The van der Waals surface area contributed by atoms with E-state index in [2.05, 4.69) is 14.9 Å². The summed E-state index contributed by atoms with van der Waals surface area (Å²) in [6.07, 6.45) is 5.12. The molecule has 2 N–H and O–H groups in total. The first-order valence-corrected chi connectivity index (χ1v) is 9.43. The van der Waals surface area contributed by atoms with Crippen LogP contribution in [0.1, 0.15) is 25.0 Å². The lowest BCUT2D eigenvalue weighted by Gasteiger charge is -2.25. The van der Waals surface area contributed by atoms with Gasteiger partial charge < -0.3 is 19.4 Å². The Bertz CT molecular complexity index is 921. The van der Waals surface area contributed by atoms with Crippen molar-refractivity contribution in [2.24, 2.45) is 0 Å². The highest BCUT2D eigenvalue weighted by Crippen LogP contribution is 2.30. The molecule has 7 heteroatoms. The normalized spacial score (nSPS) is 15.5. The van der Waals surface area contributed by atoms with Crippen LogP contribution in [0.4, 0.5) is 5.88 Å². The van der Waals surface area contributed by atoms with Crippen molar-refractivity contribution in [3.05, 3.63) is 47.1 Å². The Morgan fingerprint density at radius 1 is 1.19 bits per heavy atom. The van der Waals surface area contributed by atoms with Crippen molar-refractivity contribution in [3.63, 3.8) is 0 Å². The number of hydrogen-bond donors (Lipinski definition) is 2. The summed E-state index contributed by atoms with van der Waals surface area (Å²) in [6.45, 7) is 1.96. The molecule has 0 amide bonds. The number of carbonyl (C=O) groups is 1. The molecule has 1 fully saturated rings. The van der Waals surface area contributed by atoms with Gasteiger partial charge in [-0.25, -0.2) is 9.78 Å². The summed E-state index contributed by atoms with van der Waals surface area (Å²) in [5.74, 6) is 0.326. The molecule has 1 aromatic carbocycles. The van der Waals surface area contributed by atoms with E-state index in [0.29, 0.717) is 10.9 Å². The first kappa shape index (κ1) is 16.8. The summed E-state index contributed by atoms with van der Waals surface area (Å²) in [5.41, 5.74) is 1.69. The molecular weight excluding hydrogens is 350 g/mol. The molecule has 1 saturated heterocycles. The van der Waals surface area contributed by atoms with Crippen molar-refractivity contribution in [3.8, 4) is 0 Å². The number of imidazole rings is 1. The molecule has 3 aromatic rings. The number of nitrogens with one attached hydrogen (secondary N) is 1. The Morgan fingerprint density at radius 2 is 2.00 bits per heavy atom. The Balaban J connectivity index is 1.55. The van der Waals surface area contributed by atoms with Crippen LogP contribution < -0.4 is 4.90 Å². The highest BCUT2D eigenvalue weighted by atomic mass is 32.2. The Kier molecular flexibility index (Phi) is 4.71. The topological polar surface area (TPSA) is 82.4 Å². The van der Waals surface area contributed by atoms with E-state index >= 15 is 0 Å². The summed E-state index contributed by atoms with van der Waals surface area (Å²) in [7, 11) is 0. The number of piperidine rings is 1. The smallest absolute Gasteiger partial charge is 0.342 e. The van der Waals surface area contributed by atoms with E-state index in [1.807, 2.05) is 36.4 Å². The number of aromatic nitrogens is 2. The molecule has 1 aliphatic heterocycles. The molecule has 3 heterocycles. The molecule has 134 valence electrons. The summed E-state index contributed by atoms with van der Waals surface area (Å²) in [4.78, 5) is 21.6. The first-order valence-electron chi connectivity index (χ1n) is 8.61. The lowest BCUT2D eigenvalue weighted by molar-refractivity contribution is -0.131. The van der Waals surface area contributed by atoms with Gasteiger partial charge in [0.15, 0.2) is 11.0 Å². The fourth-order valence-corrected chi connectivity index (χ4v) is 3.83. The first-order chi connectivity index (χ1) is 12.7. The average Bonchev–Trinajstić information content (AvgIpc) is 3.28. The van der Waals surface area contributed by atoms with E-state index in [1.165, 1.54) is 6.42 Å². The summed E-state index contributed by atoms with van der Waals surface area (Å²) >= 11 is 1.08. The zero-order valence-electron chi connectivity index (χ0n) is 14.1. The van der Waals surface area contributed by atoms with E-state index < -0.39 is 5.97 Å². The second-order valence-corrected chi connectivity index (χ2v) is 7.23. The molecule has 0 aliphatic carbocycles. The monoisotopic (exact) mass is 369 g/mol. The molecule has 0 saturated carbocycles. The molecule has 0 unspecified atom stereocenters. The third kappa shape index (κ3) is 3.62. The third-order valence-electron chi connectivity index (χ3n) is 4.34. The minimum atomic E-state index is -1.01. The lowest BCUT2D eigenvalue weighted by atomic mass is 10.1. The number of fused-ring (bicyclic) bond motifs is 1. The number of carboxylic acids is 1. The minimum absolute atomic E-state index is 0.156. The number of anilines is 1. The largest absolute Gasteiger partial charge is 0.477 e. The number of H-pyrrole nitrogens is 1. The molecule has 0 bridgehead atoms. The van der Waals surface area contributed by atoms with Gasteiger partial charge in [0, 0.05) is 25.2 Å². The van der Waals surface area contributed by atoms with Crippen molar-refractivity contribution in [2.45, 2.75) is 24.4 Å². The number of carboxylic acid groups (broad SMARTS) is 1.